The molecule has 2 aromatic rings. The molecule has 1 amide bonds. The molecular formula is C18H20N2O3S. The summed E-state index contributed by atoms with van der Waals surface area (Å²) >= 11 is 1.23. The molecule has 0 spiro atoms. The van der Waals surface area contributed by atoms with Crippen LogP contribution in [0, 0.1) is 0 Å². The number of rotatable bonds is 6. The number of carbonyl (C=O) groups is 2. The minimum absolute atomic E-state index is 0.169. The molecule has 5 nitrogen and oxygen atoms in total. The third-order valence-electron chi connectivity index (χ3n) is 3.44. The molecule has 1 atom stereocenters. The standard InChI is InChI=1S/C18H20N2O3S/c1-12(24-16-7-5-4-6-15(16)18(22)23)17(21)19-13-8-10-14(11-9-13)20(2)3/h4-12H,1-3H3,(H,19,21)(H,22,23). The number of carboxylic acids is 1. The lowest BCUT2D eigenvalue weighted by molar-refractivity contribution is -0.115. The van der Waals surface area contributed by atoms with Crippen molar-refractivity contribution >= 4 is 35.0 Å². The number of aromatic carboxylic acids is 1. The van der Waals surface area contributed by atoms with Crippen molar-refractivity contribution in [2.75, 3.05) is 24.3 Å². The molecule has 0 bridgehead atoms. The van der Waals surface area contributed by atoms with Crippen molar-refractivity contribution in [1.82, 2.24) is 0 Å². The van der Waals surface area contributed by atoms with Gasteiger partial charge in [0.1, 0.15) is 0 Å². The summed E-state index contributed by atoms with van der Waals surface area (Å²) in [4.78, 5) is 26.1. The average Bonchev–Trinajstić information content (AvgIpc) is 2.55. The van der Waals surface area contributed by atoms with E-state index < -0.39 is 11.2 Å². The summed E-state index contributed by atoms with van der Waals surface area (Å²) in [6, 6.07) is 14.2. The molecule has 24 heavy (non-hydrogen) atoms. The highest BCUT2D eigenvalue weighted by molar-refractivity contribution is 8.00. The highest BCUT2D eigenvalue weighted by Crippen LogP contribution is 2.28. The van der Waals surface area contributed by atoms with Gasteiger partial charge in [0.2, 0.25) is 5.91 Å². The Bertz CT molecular complexity index is 729. The second-order valence-corrected chi connectivity index (χ2v) is 6.87. The molecule has 6 heteroatoms. The summed E-state index contributed by atoms with van der Waals surface area (Å²) in [5.41, 5.74) is 1.97. The highest BCUT2D eigenvalue weighted by Gasteiger charge is 2.18. The van der Waals surface area contributed by atoms with Crippen LogP contribution in [-0.2, 0) is 4.79 Å². The fourth-order valence-corrected chi connectivity index (χ4v) is 3.06. The summed E-state index contributed by atoms with van der Waals surface area (Å²) < 4.78 is 0. The molecule has 0 aliphatic heterocycles. The summed E-state index contributed by atoms with van der Waals surface area (Å²) in [5, 5.41) is 11.6. The van der Waals surface area contributed by atoms with Crippen molar-refractivity contribution in [1.29, 1.82) is 0 Å². The van der Waals surface area contributed by atoms with Gasteiger partial charge in [-0.25, -0.2) is 4.79 Å². The van der Waals surface area contributed by atoms with Crippen LogP contribution in [0.4, 0.5) is 11.4 Å². The Labute approximate surface area is 145 Å². The third kappa shape index (κ3) is 4.52. The Morgan fingerprint density at radius 2 is 1.71 bits per heavy atom. The lowest BCUT2D eigenvalue weighted by Crippen LogP contribution is -2.22. The fraction of sp³-hybridized carbons (Fsp3) is 0.222. The van der Waals surface area contributed by atoms with Gasteiger partial charge in [0, 0.05) is 30.4 Å². The predicted molar refractivity (Wildman–Crippen MR) is 98.1 cm³/mol. The first-order chi connectivity index (χ1) is 11.4. The number of thioether (sulfide) groups is 1. The van der Waals surface area contributed by atoms with Gasteiger partial charge < -0.3 is 15.3 Å². The normalized spacial score (nSPS) is 11.6. The van der Waals surface area contributed by atoms with E-state index in [9.17, 15) is 14.7 Å². The van der Waals surface area contributed by atoms with Crippen LogP contribution in [0.25, 0.3) is 0 Å². The van der Waals surface area contributed by atoms with Gasteiger partial charge in [-0.05, 0) is 43.3 Å². The maximum Gasteiger partial charge on any atom is 0.336 e. The monoisotopic (exact) mass is 344 g/mol. The van der Waals surface area contributed by atoms with E-state index in [0.717, 1.165) is 5.69 Å². The van der Waals surface area contributed by atoms with Crippen molar-refractivity contribution < 1.29 is 14.7 Å². The van der Waals surface area contributed by atoms with Gasteiger partial charge in [0.25, 0.3) is 0 Å². The number of hydrogen-bond donors (Lipinski definition) is 2. The van der Waals surface area contributed by atoms with E-state index in [0.29, 0.717) is 10.6 Å². The van der Waals surface area contributed by atoms with Crippen LogP contribution in [0.15, 0.2) is 53.4 Å². The number of carbonyl (C=O) groups excluding carboxylic acids is 1. The number of carboxylic acid groups (broad SMARTS) is 1. The van der Waals surface area contributed by atoms with Crippen molar-refractivity contribution in [3.8, 4) is 0 Å². The molecule has 0 aliphatic rings. The zero-order valence-electron chi connectivity index (χ0n) is 13.8. The molecule has 0 aromatic heterocycles. The molecule has 0 radical (unpaired) electrons. The predicted octanol–water partition coefficient (Wildman–Crippen LogP) is 3.57. The van der Waals surface area contributed by atoms with Gasteiger partial charge in [0.05, 0.1) is 10.8 Å². The molecule has 0 saturated carbocycles. The molecule has 0 fully saturated rings. The Hall–Kier alpha value is -2.47. The molecular weight excluding hydrogens is 324 g/mol. The number of benzene rings is 2. The first kappa shape index (κ1) is 17.9. The summed E-state index contributed by atoms with van der Waals surface area (Å²) in [6.07, 6.45) is 0. The number of anilines is 2. The Morgan fingerprint density at radius 3 is 2.29 bits per heavy atom. The maximum absolute atomic E-state index is 12.3. The van der Waals surface area contributed by atoms with Gasteiger partial charge in [-0.3, -0.25) is 4.79 Å². The van der Waals surface area contributed by atoms with E-state index in [1.165, 1.54) is 17.8 Å². The number of nitrogens with zero attached hydrogens (tertiary/aromatic N) is 1. The smallest absolute Gasteiger partial charge is 0.336 e. The minimum atomic E-state index is -0.995. The second-order valence-electron chi connectivity index (χ2n) is 5.49. The van der Waals surface area contributed by atoms with Crippen molar-refractivity contribution in [3.63, 3.8) is 0 Å². The van der Waals surface area contributed by atoms with Crippen LogP contribution in [0.5, 0.6) is 0 Å². The van der Waals surface area contributed by atoms with Gasteiger partial charge in [-0.2, -0.15) is 0 Å². The maximum atomic E-state index is 12.3. The van der Waals surface area contributed by atoms with Gasteiger partial charge in [0.15, 0.2) is 0 Å². The second kappa shape index (κ2) is 7.88. The largest absolute Gasteiger partial charge is 0.478 e. The van der Waals surface area contributed by atoms with Crippen molar-refractivity contribution in [2.45, 2.75) is 17.1 Å². The number of nitrogens with one attached hydrogen (secondary N) is 1. The summed E-state index contributed by atoms with van der Waals surface area (Å²) in [7, 11) is 3.90. The quantitative estimate of drug-likeness (QED) is 0.784. The Balaban J connectivity index is 2.03. The Kier molecular flexibility index (Phi) is 5.87. The molecule has 1 unspecified atom stereocenters. The third-order valence-corrected chi connectivity index (χ3v) is 4.62. The minimum Gasteiger partial charge on any atom is -0.478 e. The molecule has 2 rings (SSSR count). The molecule has 126 valence electrons. The molecule has 2 N–H and O–H groups in total. The molecule has 0 aliphatic carbocycles. The molecule has 0 saturated heterocycles. The summed E-state index contributed by atoms with van der Waals surface area (Å²) in [5.74, 6) is -1.16. The fourth-order valence-electron chi connectivity index (χ4n) is 2.08. The van der Waals surface area contributed by atoms with E-state index in [4.69, 9.17) is 0 Å². The van der Waals surface area contributed by atoms with Crippen LogP contribution >= 0.6 is 11.8 Å². The van der Waals surface area contributed by atoms with E-state index in [1.807, 2.05) is 43.3 Å². The van der Waals surface area contributed by atoms with E-state index >= 15 is 0 Å². The van der Waals surface area contributed by atoms with Crippen LogP contribution in [0.1, 0.15) is 17.3 Å². The van der Waals surface area contributed by atoms with Gasteiger partial charge in [-0.1, -0.05) is 12.1 Å². The molecule has 2 aromatic carbocycles. The first-order valence-corrected chi connectivity index (χ1v) is 8.33. The van der Waals surface area contributed by atoms with Crippen LogP contribution in [0.3, 0.4) is 0 Å². The van der Waals surface area contributed by atoms with E-state index in [1.54, 1.807) is 25.1 Å². The van der Waals surface area contributed by atoms with Crippen LogP contribution in [-0.4, -0.2) is 36.3 Å². The Morgan fingerprint density at radius 1 is 1.08 bits per heavy atom. The number of hydrogen-bond acceptors (Lipinski definition) is 4. The van der Waals surface area contributed by atoms with E-state index in [-0.39, 0.29) is 11.5 Å². The first-order valence-electron chi connectivity index (χ1n) is 7.45. The zero-order valence-corrected chi connectivity index (χ0v) is 14.6. The van der Waals surface area contributed by atoms with Gasteiger partial charge in [-0.15, -0.1) is 11.8 Å². The van der Waals surface area contributed by atoms with Gasteiger partial charge >= 0.3 is 5.97 Å². The summed E-state index contributed by atoms with van der Waals surface area (Å²) in [6.45, 7) is 1.76. The SMILES string of the molecule is CC(Sc1ccccc1C(=O)O)C(=O)Nc1ccc(N(C)C)cc1. The lowest BCUT2D eigenvalue weighted by Gasteiger charge is -2.15. The van der Waals surface area contributed by atoms with Crippen molar-refractivity contribution in [3.05, 3.63) is 54.1 Å². The zero-order chi connectivity index (χ0) is 17.7. The number of amides is 1. The van der Waals surface area contributed by atoms with Crippen LogP contribution < -0.4 is 10.2 Å². The highest BCUT2D eigenvalue weighted by atomic mass is 32.2. The average molecular weight is 344 g/mol. The van der Waals surface area contributed by atoms with Crippen LogP contribution in [0.2, 0.25) is 0 Å². The van der Waals surface area contributed by atoms with Crippen molar-refractivity contribution in [2.24, 2.45) is 0 Å². The van der Waals surface area contributed by atoms with E-state index in [2.05, 4.69) is 5.32 Å². The topological polar surface area (TPSA) is 69.6 Å². The lowest BCUT2D eigenvalue weighted by atomic mass is 10.2. The molecule has 0 heterocycles.